The first-order chi connectivity index (χ1) is 9.89. The molecule has 0 bridgehead atoms. The summed E-state index contributed by atoms with van der Waals surface area (Å²) >= 11 is 0. The second-order valence-electron chi connectivity index (χ2n) is 4.92. The molecule has 0 saturated heterocycles. The van der Waals surface area contributed by atoms with Crippen molar-refractivity contribution in [2.24, 2.45) is 0 Å². The number of nitrogens with one attached hydrogen (secondary N) is 1. The van der Waals surface area contributed by atoms with E-state index in [4.69, 9.17) is 0 Å². The lowest BCUT2D eigenvalue weighted by atomic mass is 10.1. The number of carbonyl (C=O) groups excluding carboxylic acids is 1. The van der Waals surface area contributed by atoms with Crippen molar-refractivity contribution in [3.63, 3.8) is 0 Å². The Morgan fingerprint density at radius 2 is 1.57 bits per heavy atom. The lowest BCUT2D eigenvalue weighted by Gasteiger charge is -2.17. The molecule has 2 rings (SSSR count). The Morgan fingerprint density at radius 1 is 1.00 bits per heavy atom. The van der Waals surface area contributed by atoms with E-state index in [1.165, 1.54) is 0 Å². The van der Waals surface area contributed by atoms with Crippen LogP contribution < -0.4 is 5.32 Å². The molecule has 2 aromatic carbocycles. The molecule has 0 aromatic heterocycles. The Balaban J connectivity index is 2.39. The molecular weight excluding hydrogens is 286 g/mol. The molecule has 21 heavy (non-hydrogen) atoms. The molecule has 1 atom stereocenters. The van der Waals surface area contributed by atoms with Crippen molar-refractivity contribution in [3.05, 3.63) is 65.7 Å². The number of carbonyl (C=O) groups is 1. The molecule has 4 nitrogen and oxygen atoms in total. The van der Waals surface area contributed by atoms with Crippen LogP contribution in [0.3, 0.4) is 0 Å². The second kappa shape index (κ2) is 6.10. The summed E-state index contributed by atoms with van der Waals surface area (Å²) in [5.74, 6) is -0.544. The van der Waals surface area contributed by atoms with Crippen LogP contribution in [0, 0.1) is 6.92 Å². The van der Waals surface area contributed by atoms with Crippen molar-refractivity contribution >= 4 is 21.4 Å². The molecule has 0 radical (unpaired) electrons. The third-order valence-electron chi connectivity index (χ3n) is 3.18. The van der Waals surface area contributed by atoms with Crippen molar-refractivity contribution < 1.29 is 13.2 Å². The quantitative estimate of drug-likeness (QED) is 0.944. The summed E-state index contributed by atoms with van der Waals surface area (Å²) in [4.78, 5) is 12.4. The topological polar surface area (TPSA) is 63.2 Å². The monoisotopic (exact) mass is 303 g/mol. The van der Waals surface area contributed by atoms with Gasteiger partial charge in [-0.05, 0) is 30.2 Å². The summed E-state index contributed by atoms with van der Waals surface area (Å²) in [6.45, 7) is 1.79. The number of sulfone groups is 1. The molecule has 0 heterocycles. The number of aryl methyl sites for hydroxylation is 1. The SMILES string of the molecule is Cc1ccccc1C(C(=O)Nc1ccccc1)S(C)(=O)=O. The molecule has 2 aromatic rings. The third kappa shape index (κ3) is 3.70. The maximum Gasteiger partial charge on any atom is 0.247 e. The molecule has 0 spiro atoms. The van der Waals surface area contributed by atoms with Gasteiger partial charge in [0.25, 0.3) is 0 Å². The van der Waals surface area contributed by atoms with Crippen LogP contribution in [0.1, 0.15) is 16.4 Å². The first-order valence-corrected chi connectivity index (χ1v) is 8.45. The van der Waals surface area contributed by atoms with Gasteiger partial charge in [-0.15, -0.1) is 0 Å². The van der Waals surface area contributed by atoms with E-state index in [1.54, 1.807) is 49.4 Å². The highest BCUT2D eigenvalue weighted by atomic mass is 32.2. The maximum absolute atomic E-state index is 12.4. The predicted molar refractivity (Wildman–Crippen MR) is 83.8 cm³/mol. The van der Waals surface area contributed by atoms with E-state index in [0.29, 0.717) is 11.3 Å². The summed E-state index contributed by atoms with van der Waals surface area (Å²) in [7, 11) is -3.57. The van der Waals surface area contributed by atoms with E-state index >= 15 is 0 Å². The fourth-order valence-corrected chi connectivity index (χ4v) is 3.35. The summed E-state index contributed by atoms with van der Waals surface area (Å²) < 4.78 is 24.1. The van der Waals surface area contributed by atoms with Crippen LogP contribution in [0.4, 0.5) is 5.69 Å². The van der Waals surface area contributed by atoms with Gasteiger partial charge in [0.15, 0.2) is 15.1 Å². The van der Waals surface area contributed by atoms with E-state index in [-0.39, 0.29) is 0 Å². The molecule has 0 aliphatic rings. The Bertz CT molecular complexity index is 739. The molecule has 110 valence electrons. The van der Waals surface area contributed by atoms with Crippen LogP contribution in [0.15, 0.2) is 54.6 Å². The normalized spacial score (nSPS) is 12.7. The lowest BCUT2D eigenvalue weighted by Crippen LogP contribution is -2.27. The molecule has 1 N–H and O–H groups in total. The fraction of sp³-hybridized carbons (Fsp3) is 0.188. The average molecular weight is 303 g/mol. The molecule has 0 aliphatic carbocycles. The van der Waals surface area contributed by atoms with Crippen LogP contribution >= 0.6 is 0 Å². The number of para-hydroxylation sites is 1. The van der Waals surface area contributed by atoms with Crippen LogP contribution in [0.25, 0.3) is 0 Å². The fourth-order valence-electron chi connectivity index (χ4n) is 2.18. The third-order valence-corrected chi connectivity index (χ3v) is 4.50. The van der Waals surface area contributed by atoms with Crippen LogP contribution in [0.2, 0.25) is 0 Å². The Morgan fingerprint density at radius 3 is 2.14 bits per heavy atom. The Kier molecular flexibility index (Phi) is 4.43. The second-order valence-corrected chi connectivity index (χ2v) is 7.05. The summed E-state index contributed by atoms with van der Waals surface area (Å²) in [6, 6.07) is 15.8. The first-order valence-electron chi connectivity index (χ1n) is 6.50. The number of anilines is 1. The van der Waals surface area contributed by atoms with Crippen LogP contribution in [-0.2, 0) is 14.6 Å². The number of hydrogen-bond acceptors (Lipinski definition) is 3. The molecule has 0 fully saturated rings. The number of hydrogen-bond donors (Lipinski definition) is 1. The van der Waals surface area contributed by atoms with Crippen molar-refractivity contribution in [1.82, 2.24) is 0 Å². The van der Waals surface area contributed by atoms with E-state index in [0.717, 1.165) is 11.8 Å². The minimum absolute atomic E-state index is 0.508. The number of benzene rings is 2. The van der Waals surface area contributed by atoms with Gasteiger partial charge in [-0.25, -0.2) is 8.42 Å². The van der Waals surface area contributed by atoms with E-state index < -0.39 is 21.0 Å². The summed E-state index contributed by atoms with van der Waals surface area (Å²) in [5.41, 5.74) is 1.86. The van der Waals surface area contributed by atoms with Crippen molar-refractivity contribution in [1.29, 1.82) is 0 Å². The van der Waals surface area contributed by atoms with Gasteiger partial charge in [-0.1, -0.05) is 42.5 Å². The van der Waals surface area contributed by atoms with Gasteiger partial charge in [-0.2, -0.15) is 0 Å². The van der Waals surface area contributed by atoms with Gasteiger partial charge in [0.2, 0.25) is 5.91 Å². The van der Waals surface area contributed by atoms with Crippen molar-refractivity contribution in [2.75, 3.05) is 11.6 Å². The largest absolute Gasteiger partial charge is 0.325 e. The van der Waals surface area contributed by atoms with Gasteiger partial charge < -0.3 is 5.32 Å². The highest BCUT2D eigenvalue weighted by Crippen LogP contribution is 2.26. The minimum atomic E-state index is -3.57. The zero-order valence-electron chi connectivity index (χ0n) is 11.9. The van der Waals surface area contributed by atoms with Gasteiger partial charge >= 0.3 is 0 Å². The minimum Gasteiger partial charge on any atom is -0.325 e. The molecule has 0 saturated carbocycles. The smallest absolute Gasteiger partial charge is 0.247 e. The molecule has 5 heteroatoms. The molecular formula is C16H17NO3S. The van der Waals surface area contributed by atoms with E-state index in [2.05, 4.69) is 5.32 Å². The number of rotatable bonds is 4. The standard InChI is InChI=1S/C16H17NO3S/c1-12-8-6-7-11-14(12)15(21(2,19)20)16(18)17-13-9-4-3-5-10-13/h3-11,15H,1-2H3,(H,17,18). The van der Waals surface area contributed by atoms with Gasteiger partial charge in [0.05, 0.1) is 0 Å². The zero-order valence-corrected chi connectivity index (χ0v) is 12.7. The highest BCUT2D eigenvalue weighted by molar-refractivity contribution is 7.91. The van der Waals surface area contributed by atoms with Gasteiger partial charge in [-0.3, -0.25) is 4.79 Å². The lowest BCUT2D eigenvalue weighted by molar-refractivity contribution is -0.115. The Labute approximate surface area is 124 Å². The first kappa shape index (κ1) is 15.3. The number of amides is 1. The van der Waals surface area contributed by atoms with Crippen LogP contribution in [-0.4, -0.2) is 20.6 Å². The van der Waals surface area contributed by atoms with Crippen molar-refractivity contribution in [2.45, 2.75) is 12.2 Å². The van der Waals surface area contributed by atoms with E-state index in [9.17, 15) is 13.2 Å². The molecule has 1 unspecified atom stereocenters. The highest BCUT2D eigenvalue weighted by Gasteiger charge is 2.31. The van der Waals surface area contributed by atoms with Crippen molar-refractivity contribution in [3.8, 4) is 0 Å². The maximum atomic E-state index is 12.4. The van der Waals surface area contributed by atoms with Gasteiger partial charge in [0.1, 0.15) is 0 Å². The summed E-state index contributed by atoms with van der Waals surface area (Å²) in [5, 5.41) is 1.45. The summed E-state index contributed by atoms with van der Waals surface area (Å²) in [6.07, 6.45) is 1.08. The van der Waals surface area contributed by atoms with Gasteiger partial charge in [0, 0.05) is 11.9 Å². The zero-order chi connectivity index (χ0) is 15.5. The van der Waals surface area contributed by atoms with E-state index in [1.807, 2.05) is 12.1 Å². The average Bonchev–Trinajstić information content (AvgIpc) is 2.41. The molecule has 1 amide bonds. The molecule has 0 aliphatic heterocycles. The van der Waals surface area contributed by atoms with Crippen LogP contribution in [0.5, 0.6) is 0 Å². The predicted octanol–water partition coefficient (Wildman–Crippen LogP) is 2.72. The Hall–Kier alpha value is -2.14.